The normalized spacial score (nSPS) is 17.6. The molecule has 3 rings (SSSR count). The number of amides is 2. The predicted octanol–water partition coefficient (Wildman–Crippen LogP) is 2.52. The molecule has 0 saturated heterocycles. The van der Waals surface area contributed by atoms with Crippen LogP contribution in [0.3, 0.4) is 0 Å². The van der Waals surface area contributed by atoms with E-state index in [1.165, 1.54) is 11.8 Å². The van der Waals surface area contributed by atoms with Crippen molar-refractivity contribution < 1.29 is 14.7 Å². The van der Waals surface area contributed by atoms with Crippen LogP contribution in [0, 0.1) is 0 Å². The molecule has 1 aliphatic heterocycles. The molecule has 6 heteroatoms. The Hall–Kier alpha value is -2.31. The maximum Gasteiger partial charge on any atom is 0.237 e. The molecule has 0 saturated carbocycles. The van der Waals surface area contributed by atoms with E-state index in [4.69, 9.17) is 0 Å². The second-order valence-electron chi connectivity index (χ2n) is 6.22. The number of para-hydroxylation sites is 1. The van der Waals surface area contributed by atoms with Gasteiger partial charge in [0, 0.05) is 12.2 Å². The number of hydrogen-bond acceptors (Lipinski definition) is 4. The second-order valence-corrected chi connectivity index (χ2v) is 7.41. The molecule has 0 unspecified atom stereocenters. The zero-order chi connectivity index (χ0) is 18.4. The van der Waals surface area contributed by atoms with Gasteiger partial charge in [-0.25, -0.2) is 0 Å². The average molecular weight is 370 g/mol. The molecular formula is C20H22N2O3S. The number of carbonyl (C=O) groups is 2. The van der Waals surface area contributed by atoms with Crippen molar-refractivity contribution in [3.63, 3.8) is 0 Å². The number of anilines is 1. The van der Waals surface area contributed by atoms with Gasteiger partial charge in [0.1, 0.15) is 0 Å². The van der Waals surface area contributed by atoms with E-state index in [1.54, 1.807) is 0 Å². The summed E-state index contributed by atoms with van der Waals surface area (Å²) in [5, 5.41) is 15.5. The lowest BCUT2D eigenvalue weighted by Gasteiger charge is -2.14. The zero-order valence-electron chi connectivity index (χ0n) is 14.4. The molecule has 0 fully saturated rings. The summed E-state index contributed by atoms with van der Waals surface area (Å²) in [5.74, 6) is -0.0488. The zero-order valence-corrected chi connectivity index (χ0v) is 15.2. The molecule has 0 spiro atoms. The summed E-state index contributed by atoms with van der Waals surface area (Å²) in [4.78, 5) is 24.4. The van der Waals surface area contributed by atoms with Crippen molar-refractivity contribution >= 4 is 29.3 Å². The van der Waals surface area contributed by atoms with Crippen LogP contribution in [0.1, 0.15) is 23.7 Å². The molecule has 136 valence electrons. The standard InChI is InChI=1S/C20H22N2O3S/c23-17(15-7-2-1-3-8-15)12-21-19(24)13-26-18-11-10-14-6-4-5-9-16(14)22-20(18)25/h1-9,17-18,23H,10-13H2,(H,21,24)(H,22,25)/t17-,18+/m1/s1. The fourth-order valence-electron chi connectivity index (χ4n) is 2.88. The second kappa shape index (κ2) is 8.87. The minimum atomic E-state index is -0.735. The first kappa shape index (κ1) is 18.5. The first-order valence-corrected chi connectivity index (χ1v) is 9.68. The van der Waals surface area contributed by atoms with Crippen molar-refractivity contribution in [3.05, 3.63) is 65.7 Å². The monoisotopic (exact) mass is 370 g/mol. The third-order valence-electron chi connectivity index (χ3n) is 4.34. The first-order valence-electron chi connectivity index (χ1n) is 8.63. The highest BCUT2D eigenvalue weighted by atomic mass is 32.2. The highest BCUT2D eigenvalue weighted by Gasteiger charge is 2.24. The Balaban J connectivity index is 1.45. The van der Waals surface area contributed by atoms with Crippen LogP contribution in [0.2, 0.25) is 0 Å². The lowest BCUT2D eigenvalue weighted by atomic mass is 10.1. The van der Waals surface area contributed by atoms with Gasteiger partial charge in [-0.2, -0.15) is 0 Å². The molecule has 3 N–H and O–H groups in total. The number of hydrogen-bond donors (Lipinski definition) is 3. The van der Waals surface area contributed by atoms with Crippen LogP contribution in [-0.4, -0.2) is 34.5 Å². The van der Waals surface area contributed by atoms with E-state index in [0.717, 1.165) is 23.2 Å². The number of aryl methyl sites for hydroxylation is 1. The van der Waals surface area contributed by atoms with Crippen molar-refractivity contribution in [3.8, 4) is 0 Å². The molecule has 0 aliphatic carbocycles. The smallest absolute Gasteiger partial charge is 0.237 e. The molecule has 26 heavy (non-hydrogen) atoms. The summed E-state index contributed by atoms with van der Waals surface area (Å²) in [7, 11) is 0. The summed E-state index contributed by atoms with van der Waals surface area (Å²) in [5.41, 5.74) is 2.75. The Morgan fingerprint density at radius 1 is 1.19 bits per heavy atom. The maximum atomic E-state index is 12.3. The van der Waals surface area contributed by atoms with Crippen molar-refractivity contribution in [1.82, 2.24) is 5.32 Å². The van der Waals surface area contributed by atoms with Gasteiger partial charge in [-0.15, -0.1) is 11.8 Å². The van der Waals surface area contributed by atoms with Gasteiger partial charge < -0.3 is 15.7 Å². The van der Waals surface area contributed by atoms with Crippen molar-refractivity contribution in [2.75, 3.05) is 17.6 Å². The molecule has 0 bridgehead atoms. The minimum Gasteiger partial charge on any atom is -0.387 e. The van der Waals surface area contributed by atoms with Crippen LogP contribution >= 0.6 is 11.8 Å². The van der Waals surface area contributed by atoms with Crippen LogP contribution in [0.15, 0.2) is 54.6 Å². The number of thioether (sulfide) groups is 1. The van der Waals surface area contributed by atoms with E-state index in [9.17, 15) is 14.7 Å². The third kappa shape index (κ3) is 4.86. The summed E-state index contributed by atoms with van der Waals surface area (Å²) < 4.78 is 0. The number of carbonyl (C=O) groups excluding carboxylic acids is 2. The molecule has 5 nitrogen and oxygen atoms in total. The van der Waals surface area contributed by atoms with Crippen molar-refractivity contribution in [1.29, 1.82) is 0 Å². The van der Waals surface area contributed by atoms with Gasteiger partial charge in [-0.1, -0.05) is 48.5 Å². The van der Waals surface area contributed by atoms with Crippen LogP contribution in [0.5, 0.6) is 0 Å². The van der Waals surface area contributed by atoms with E-state index in [0.29, 0.717) is 6.42 Å². The van der Waals surface area contributed by atoms with Crippen LogP contribution in [0.4, 0.5) is 5.69 Å². The van der Waals surface area contributed by atoms with Gasteiger partial charge in [0.05, 0.1) is 17.1 Å². The Labute approximate surface area is 157 Å². The number of fused-ring (bicyclic) bond motifs is 1. The van der Waals surface area contributed by atoms with E-state index < -0.39 is 6.10 Å². The molecule has 2 atom stereocenters. The topological polar surface area (TPSA) is 78.4 Å². The largest absolute Gasteiger partial charge is 0.387 e. The maximum absolute atomic E-state index is 12.3. The Bertz CT molecular complexity index is 767. The number of aliphatic hydroxyl groups is 1. The molecule has 1 heterocycles. The van der Waals surface area contributed by atoms with Gasteiger partial charge in [0.2, 0.25) is 11.8 Å². The molecule has 2 aromatic carbocycles. The Kier molecular flexibility index (Phi) is 6.30. The molecule has 0 radical (unpaired) electrons. The SMILES string of the molecule is O=C(CS[C@H]1CCc2ccccc2NC1=O)NC[C@@H](O)c1ccccc1. The van der Waals surface area contributed by atoms with Crippen LogP contribution in [-0.2, 0) is 16.0 Å². The lowest BCUT2D eigenvalue weighted by molar-refractivity contribution is -0.119. The number of rotatable bonds is 6. The molecular weight excluding hydrogens is 348 g/mol. The first-order chi connectivity index (χ1) is 12.6. The van der Waals surface area contributed by atoms with Crippen molar-refractivity contribution in [2.45, 2.75) is 24.2 Å². The average Bonchev–Trinajstić information content (AvgIpc) is 2.83. The summed E-state index contributed by atoms with van der Waals surface area (Å²) in [6, 6.07) is 17.0. The molecule has 1 aliphatic rings. The van der Waals surface area contributed by atoms with Gasteiger partial charge in [-0.05, 0) is 30.0 Å². The van der Waals surface area contributed by atoms with Gasteiger partial charge in [-0.3, -0.25) is 9.59 Å². The highest BCUT2D eigenvalue weighted by molar-refractivity contribution is 8.01. The Morgan fingerprint density at radius 3 is 2.73 bits per heavy atom. The summed E-state index contributed by atoms with van der Waals surface area (Å²) >= 11 is 1.34. The van der Waals surface area contributed by atoms with Gasteiger partial charge in [0.25, 0.3) is 0 Å². The molecule has 0 aromatic heterocycles. The fourth-order valence-corrected chi connectivity index (χ4v) is 3.83. The van der Waals surface area contributed by atoms with E-state index >= 15 is 0 Å². The minimum absolute atomic E-state index is 0.0583. The predicted molar refractivity (Wildman–Crippen MR) is 104 cm³/mol. The molecule has 2 amide bonds. The van der Waals surface area contributed by atoms with Gasteiger partial charge in [0.15, 0.2) is 0 Å². The van der Waals surface area contributed by atoms with E-state index in [2.05, 4.69) is 10.6 Å². The number of nitrogens with one attached hydrogen (secondary N) is 2. The van der Waals surface area contributed by atoms with Crippen molar-refractivity contribution in [2.24, 2.45) is 0 Å². The summed E-state index contributed by atoms with van der Waals surface area (Å²) in [6.45, 7) is 0.158. The van der Waals surface area contributed by atoms with E-state index in [-0.39, 0.29) is 29.4 Å². The molecule has 2 aromatic rings. The van der Waals surface area contributed by atoms with Crippen LogP contribution in [0.25, 0.3) is 0 Å². The third-order valence-corrected chi connectivity index (χ3v) is 5.62. The number of aliphatic hydroxyl groups excluding tert-OH is 1. The quantitative estimate of drug-likeness (QED) is 0.730. The van der Waals surface area contributed by atoms with E-state index in [1.807, 2.05) is 54.6 Å². The highest BCUT2D eigenvalue weighted by Crippen LogP contribution is 2.27. The van der Waals surface area contributed by atoms with Crippen LogP contribution < -0.4 is 10.6 Å². The number of benzene rings is 2. The lowest BCUT2D eigenvalue weighted by Crippen LogP contribution is -2.32. The summed E-state index contributed by atoms with van der Waals surface area (Å²) in [6.07, 6.45) is 0.773. The Morgan fingerprint density at radius 2 is 1.92 bits per heavy atom. The fraction of sp³-hybridized carbons (Fsp3) is 0.300. The van der Waals surface area contributed by atoms with Gasteiger partial charge >= 0.3 is 0 Å².